The van der Waals surface area contributed by atoms with E-state index in [0.717, 1.165) is 4.57 Å². The Morgan fingerprint density at radius 2 is 1.75 bits per heavy atom. The molecule has 5 aromatic rings. The minimum atomic E-state index is -0.786. The van der Waals surface area contributed by atoms with Crippen molar-refractivity contribution in [2.24, 2.45) is 19.3 Å². The van der Waals surface area contributed by atoms with E-state index in [2.05, 4.69) is 10.1 Å². The first-order valence-corrected chi connectivity index (χ1v) is 12.8. The zero-order chi connectivity index (χ0) is 28.9. The Bertz CT molecular complexity index is 1940. The van der Waals surface area contributed by atoms with E-state index in [0.29, 0.717) is 27.2 Å². The van der Waals surface area contributed by atoms with Crippen LogP contribution in [0.5, 0.6) is 0 Å². The largest absolute Gasteiger partial charge is 0.443 e. The van der Waals surface area contributed by atoms with E-state index in [-0.39, 0.29) is 29.2 Å². The first-order valence-electron chi connectivity index (χ1n) is 12.4. The molecule has 3 aromatic heterocycles. The Morgan fingerprint density at radius 3 is 2.40 bits per heavy atom. The SMILES string of the molecule is Cn1c(C(=NO)c2ccccc2)nc2c1c(=O)n(Cc1cc3c(Cl)cccc3n1C(=O)OC(C)(C)C)c(=O)n2C. The highest BCUT2D eigenvalue weighted by molar-refractivity contribution is 6.35. The number of nitrogens with zero attached hydrogens (tertiary/aromatic N) is 6. The molecule has 12 heteroatoms. The summed E-state index contributed by atoms with van der Waals surface area (Å²) in [5, 5.41) is 14.2. The summed E-state index contributed by atoms with van der Waals surface area (Å²) in [5.41, 5.74) is -0.287. The summed E-state index contributed by atoms with van der Waals surface area (Å²) in [6.07, 6.45) is -0.666. The molecule has 3 heterocycles. The van der Waals surface area contributed by atoms with Crippen LogP contribution < -0.4 is 11.2 Å². The quantitative estimate of drug-likeness (QED) is 0.200. The molecule has 2 aromatic carbocycles. The molecular weight excluding hydrogens is 536 g/mol. The molecular formula is C28H27ClN6O5. The fourth-order valence-corrected chi connectivity index (χ4v) is 4.90. The number of aromatic nitrogens is 5. The van der Waals surface area contributed by atoms with E-state index in [1.807, 2.05) is 6.07 Å². The van der Waals surface area contributed by atoms with E-state index < -0.39 is 22.9 Å². The number of hydrogen-bond acceptors (Lipinski definition) is 7. The van der Waals surface area contributed by atoms with Crippen LogP contribution in [0.4, 0.5) is 4.79 Å². The maximum atomic E-state index is 13.8. The van der Waals surface area contributed by atoms with E-state index in [9.17, 15) is 19.6 Å². The third-order valence-electron chi connectivity index (χ3n) is 6.48. The van der Waals surface area contributed by atoms with Crippen LogP contribution in [0, 0.1) is 0 Å². The number of aryl methyl sites for hydroxylation is 2. The molecule has 0 aliphatic heterocycles. The highest BCUT2D eigenvalue weighted by Gasteiger charge is 2.26. The van der Waals surface area contributed by atoms with Gasteiger partial charge in [0.2, 0.25) is 0 Å². The summed E-state index contributed by atoms with van der Waals surface area (Å²) >= 11 is 6.42. The topological polar surface area (TPSA) is 126 Å². The standard InChI is InChI=1S/C28H27ClN6O5/c1-28(2,3)40-27(38)35-17(14-18-19(29)12-9-13-20(18)35)15-34-25(36)22-24(33(5)26(34)37)30-23(32(22)4)21(31-39)16-10-7-6-8-11-16/h6-14,39H,15H2,1-5H3. The van der Waals surface area contributed by atoms with Gasteiger partial charge >= 0.3 is 11.8 Å². The minimum Gasteiger partial charge on any atom is -0.443 e. The molecule has 0 saturated heterocycles. The summed E-state index contributed by atoms with van der Waals surface area (Å²) in [4.78, 5) is 45.1. The van der Waals surface area contributed by atoms with Gasteiger partial charge in [0, 0.05) is 30.1 Å². The van der Waals surface area contributed by atoms with Gasteiger partial charge in [0.25, 0.3) is 5.56 Å². The van der Waals surface area contributed by atoms with Crippen molar-refractivity contribution in [1.29, 1.82) is 0 Å². The fraction of sp³-hybridized carbons (Fsp3) is 0.250. The molecule has 0 spiro atoms. The number of fused-ring (bicyclic) bond motifs is 2. The Balaban J connectivity index is 1.71. The van der Waals surface area contributed by atoms with Gasteiger partial charge in [-0.2, -0.15) is 0 Å². The average molecular weight is 563 g/mol. The summed E-state index contributed by atoms with van der Waals surface area (Å²) < 4.78 is 10.7. The Morgan fingerprint density at radius 1 is 1.05 bits per heavy atom. The lowest BCUT2D eigenvalue weighted by molar-refractivity contribution is 0.0540. The summed E-state index contributed by atoms with van der Waals surface area (Å²) in [7, 11) is 3.10. The lowest BCUT2D eigenvalue weighted by atomic mass is 10.1. The van der Waals surface area contributed by atoms with E-state index in [1.165, 1.54) is 20.7 Å². The lowest BCUT2D eigenvalue weighted by Crippen LogP contribution is -2.40. The fourth-order valence-electron chi connectivity index (χ4n) is 4.67. The number of carbonyl (C=O) groups is 1. The minimum absolute atomic E-state index is 0.118. The van der Waals surface area contributed by atoms with Gasteiger partial charge in [0.15, 0.2) is 22.7 Å². The normalized spacial score (nSPS) is 12.4. The molecule has 11 nitrogen and oxygen atoms in total. The molecule has 0 amide bonds. The first-order chi connectivity index (χ1) is 18.9. The maximum absolute atomic E-state index is 13.8. The van der Waals surface area contributed by atoms with Gasteiger partial charge in [-0.1, -0.05) is 53.2 Å². The highest BCUT2D eigenvalue weighted by Crippen LogP contribution is 2.28. The second kappa shape index (κ2) is 9.83. The van der Waals surface area contributed by atoms with Crippen molar-refractivity contribution in [3.8, 4) is 0 Å². The number of oxime groups is 1. The number of imidazole rings is 1. The molecule has 0 bridgehead atoms. The van der Waals surface area contributed by atoms with E-state index >= 15 is 0 Å². The summed E-state index contributed by atoms with van der Waals surface area (Å²) in [6, 6.07) is 15.6. The van der Waals surface area contributed by atoms with Crippen molar-refractivity contribution >= 4 is 45.5 Å². The lowest BCUT2D eigenvalue weighted by Gasteiger charge is -2.21. The molecule has 0 saturated carbocycles. The molecule has 0 aliphatic carbocycles. The molecule has 5 rings (SSSR count). The number of halogens is 1. The van der Waals surface area contributed by atoms with E-state index in [4.69, 9.17) is 16.3 Å². The Hall–Kier alpha value is -4.64. The monoisotopic (exact) mass is 562 g/mol. The maximum Gasteiger partial charge on any atom is 0.419 e. The number of rotatable bonds is 4. The zero-order valence-electron chi connectivity index (χ0n) is 22.5. The first kappa shape index (κ1) is 26.9. The third-order valence-corrected chi connectivity index (χ3v) is 6.81. The molecule has 1 N–H and O–H groups in total. The molecule has 40 heavy (non-hydrogen) atoms. The summed E-state index contributed by atoms with van der Waals surface area (Å²) in [6.45, 7) is 5.00. The summed E-state index contributed by atoms with van der Waals surface area (Å²) in [5.74, 6) is 0.197. The number of hydrogen-bond donors (Lipinski definition) is 1. The van der Waals surface area contributed by atoms with Gasteiger partial charge in [0.1, 0.15) is 5.60 Å². The van der Waals surface area contributed by atoms with Crippen LogP contribution in [0.2, 0.25) is 5.02 Å². The molecule has 0 unspecified atom stereocenters. The van der Waals surface area contributed by atoms with Gasteiger partial charge in [-0.3, -0.25) is 13.9 Å². The van der Waals surface area contributed by atoms with Gasteiger partial charge in [-0.15, -0.1) is 0 Å². The van der Waals surface area contributed by atoms with Crippen LogP contribution in [0.15, 0.2) is 69.3 Å². The van der Waals surface area contributed by atoms with Crippen molar-refractivity contribution < 1.29 is 14.7 Å². The average Bonchev–Trinajstić information content (AvgIpc) is 3.44. The van der Waals surface area contributed by atoms with Crippen LogP contribution in [-0.4, -0.2) is 45.9 Å². The Labute approximate surface area is 233 Å². The van der Waals surface area contributed by atoms with Crippen molar-refractivity contribution in [2.45, 2.75) is 32.9 Å². The predicted octanol–water partition coefficient (Wildman–Crippen LogP) is 4.10. The van der Waals surface area contributed by atoms with Crippen LogP contribution >= 0.6 is 11.6 Å². The van der Waals surface area contributed by atoms with Crippen LogP contribution in [-0.2, 0) is 25.4 Å². The number of ether oxygens (including phenoxy) is 1. The molecule has 0 atom stereocenters. The van der Waals surface area contributed by atoms with Gasteiger partial charge in [-0.05, 0) is 39.0 Å². The smallest absolute Gasteiger partial charge is 0.419 e. The van der Waals surface area contributed by atoms with Crippen LogP contribution in [0.25, 0.3) is 22.1 Å². The number of benzene rings is 2. The third kappa shape index (κ3) is 4.47. The van der Waals surface area contributed by atoms with Crippen LogP contribution in [0.1, 0.15) is 37.9 Å². The number of carbonyl (C=O) groups excluding carboxylic acids is 1. The zero-order valence-corrected chi connectivity index (χ0v) is 23.3. The second-order valence-electron chi connectivity index (χ2n) is 10.3. The molecule has 0 aliphatic rings. The van der Waals surface area contributed by atoms with E-state index in [1.54, 1.807) is 76.3 Å². The van der Waals surface area contributed by atoms with Gasteiger partial charge < -0.3 is 14.5 Å². The van der Waals surface area contributed by atoms with Gasteiger partial charge in [0.05, 0.1) is 17.8 Å². The predicted molar refractivity (Wildman–Crippen MR) is 152 cm³/mol. The molecule has 206 valence electrons. The highest BCUT2D eigenvalue weighted by atomic mass is 35.5. The van der Waals surface area contributed by atoms with Crippen molar-refractivity contribution in [2.75, 3.05) is 0 Å². The van der Waals surface area contributed by atoms with Gasteiger partial charge in [-0.25, -0.2) is 19.1 Å². The molecule has 0 radical (unpaired) electrons. The second-order valence-corrected chi connectivity index (χ2v) is 10.7. The van der Waals surface area contributed by atoms with Crippen molar-refractivity contribution in [3.63, 3.8) is 0 Å². The van der Waals surface area contributed by atoms with Crippen molar-refractivity contribution in [1.82, 2.24) is 23.3 Å². The molecule has 0 fully saturated rings. The van der Waals surface area contributed by atoms with Crippen LogP contribution in [0.3, 0.4) is 0 Å². The van der Waals surface area contributed by atoms with Crippen molar-refractivity contribution in [3.05, 3.63) is 97.5 Å². The Kier molecular flexibility index (Phi) is 6.62.